The molecule has 110 valence electrons. The number of ether oxygens (including phenoxy) is 1. The van der Waals surface area contributed by atoms with E-state index in [4.69, 9.17) is 4.74 Å². The minimum atomic E-state index is -2.90. The largest absolute Gasteiger partial charge is 0.380 e. The van der Waals surface area contributed by atoms with E-state index in [1.165, 1.54) is 0 Å². The predicted molar refractivity (Wildman–Crippen MR) is 76.7 cm³/mol. The van der Waals surface area contributed by atoms with Gasteiger partial charge in [0.2, 0.25) is 0 Å². The summed E-state index contributed by atoms with van der Waals surface area (Å²) >= 11 is 0. The Morgan fingerprint density at radius 2 is 1.89 bits per heavy atom. The minimum absolute atomic E-state index is 0.228. The zero-order valence-electron chi connectivity index (χ0n) is 12.1. The van der Waals surface area contributed by atoms with Gasteiger partial charge in [-0.05, 0) is 12.3 Å². The Morgan fingerprint density at radius 1 is 1.17 bits per heavy atom. The van der Waals surface area contributed by atoms with Gasteiger partial charge in [0.15, 0.2) is 9.84 Å². The second-order valence-corrected chi connectivity index (χ2v) is 7.07. The third-order valence-corrected chi connectivity index (χ3v) is 4.79. The van der Waals surface area contributed by atoms with Crippen molar-refractivity contribution in [1.82, 2.24) is 5.32 Å². The van der Waals surface area contributed by atoms with Gasteiger partial charge in [0.25, 0.3) is 0 Å². The van der Waals surface area contributed by atoms with Gasteiger partial charge in [-0.25, -0.2) is 8.42 Å². The SMILES string of the molecule is CCCCOCCNCCS(=O)(=O)CC(C)CC. The van der Waals surface area contributed by atoms with Crippen molar-refractivity contribution in [3.8, 4) is 0 Å². The summed E-state index contributed by atoms with van der Waals surface area (Å²) in [4.78, 5) is 0. The van der Waals surface area contributed by atoms with Gasteiger partial charge in [0.1, 0.15) is 0 Å². The second kappa shape index (κ2) is 10.8. The zero-order valence-corrected chi connectivity index (χ0v) is 12.9. The Bertz CT molecular complexity index is 278. The zero-order chi connectivity index (χ0) is 13.9. The molecule has 0 radical (unpaired) electrons. The molecule has 0 amide bonds. The normalized spacial score (nSPS) is 13.7. The molecule has 0 aliphatic rings. The highest BCUT2D eigenvalue weighted by molar-refractivity contribution is 7.91. The molecule has 0 rings (SSSR count). The third-order valence-electron chi connectivity index (χ3n) is 2.89. The maximum atomic E-state index is 11.7. The molecule has 1 atom stereocenters. The van der Waals surface area contributed by atoms with Crippen LogP contribution in [0.4, 0.5) is 0 Å². The van der Waals surface area contributed by atoms with Crippen LogP contribution >= 0.6 is 0 Å². The van der Waals surface area contributed by atoms with Crippen molar-refractivity contribution in [3.63, 3.8) is 0 Å². The lowest BCUT2D eigenvalue weighted by molar-refractivity contribution is 0.133. The van der Waals surface area contributed by atoms with E-state index in [2.05, 4.69) is 12.2 Å². The fourth-order valence-corrected chi connectivity index (χ4v) is 3.20. The molecule has 0 saturated heterocycles. The Labute approximate surface area is 112 Å². The molecular formula is C13H29NO3S. The molecule has 4 nitrogen and oxygen atoms in total. The summed E-state index contributed by atoms with van der Waals surface area (Å²) in [5.74, 6) is 0.789. The topological polar surface area (TPSA) is 55.4 Å². The van der Waals surface area contributed by atoms with Gasteiger partial charge < -0.3 is 10.1 Å². The number of nitrogens with one attached hydrogen (secondary N) is 1. The molecule has 18 heavy (non-hydrogen) atoms. The molecule has 0 aromatic heterocycles. The summed E-state index contributed by atoms with van der Waals surface area (Å²) in [6.45, 7) is 8.83. The summed E-state index contributed by atoms with van der Waals surface area (Å²) in [7, 11) is -2.90. The van der Waals surface area contributed by atoms with Crippen LogP contribution in [0.3, 0.4) is 0 Å². The fraction of sp³-hybridized carbons (Fsp3) is 1.00. The molecule has 0 fully saturated rings. The molecule has 5 heteroatoms. The summed E-state index contributed by atoms with van der Waals surface area (Å²) in [5, 5.41) is 3.11. The van der Waals surface area contributed by atoms with E-state index in [0.29, 0.717) is 18.9 Å². The minimum Gasteiger partial charge on any atom is -0.380 e. The number of sulfone groups is 1. The molecular weight excluding hydrogens is 250 g/mol. The van der Waals surface area contributed by atoms with Crippen molar-refractivity contribution in [2.24, 2.45) is 5.92 Å². The van der Waals surface area contributed by atoms with Crippen LogP contribution in [0.1, 0.15) is 40.0 Å². The van der Waals surface area contributed by atoms with Gasteiger partial charge in [-0.15, -0.1) is 0 Å². The standard InChI is InChI=1S/C13H29NO3S/c1-4-6-9-17-10-7-14-8-11-18(15,16)12-13(3)5-2/h13-14H,4-12H2,1-3H3. The van der Waals surface area contributed by atoms with E-state index in [9.17, 15) is 8.42 Å². The van der Waals surface area contributed by atoms with Crippen LogP contribution in [-0.2, 0) is 14.6 Å². The predicted octanol–water partition coefficient (Wildman–Crippen LogP) is 1.85. The summed E-state index contributed by atoms with van der Waals surface area (Å²) in [5.41, 5.74) is 0. The van der Waals surface area contributed by atoms with Crippen LogP contribution in [0.2, 0.25) is 0 Å². The Kier molecular flexibility index (Phi) is 10.7. The van der Waals surface area contributed by atoms with Crippen LogP contribution in [0.25, 0.3) is 0 Å². The fourth-order valence-electron chi connectivity index (χ4n) is 1.48. The van der Waals surface area contributed by atoms with Crippen LogP contribution < -0.4 is 5.32 Å². The van der Waals surface area contributed by atoms with Gasteiger partial charge in [-0.3, -0.25) is 0 Å². The molecule has 1 unspecified atom stereocenters. The monoisotopic (exact) mass is 279 g/mol. The highest BCUT2D eigenvalue weighted by atomic mass is 32.2. The number of hydrogen-bond acceptors (Lipinski definition) is 4. The average molecular weight is 279 g/mol. The van der Waals surface area contributed by atoms with Gasteiger partial charge >= 0.3 is 0 Å². The Balaban J connectivity index is 3.47. The molecule has 0 aliphatic heterocycles. The Morgan fingerprint density at radius 3 is 2.50 bits per heavy atom. The Hall–Kier alpha value is -0.130. The molecule has 0 spiro atoms. The van der Waals surface area contributed by atoms with Gasteiger partial charge in [0.05, 0.1) is 18.1 Å². The summed E-state index contributed by atoms with van der Waals surface area (Å²) in [6.07, 6.45) is 3.14. The van der Waals surface area contributed by atoms with E-state index in [0.717, 1.165) is 32.4 Å². The summed E-state index contributed by atoms with van der Waals surface area (Å²) in [6, 6.07) is 0. The van der Waals surface area contributed by atoms with Crippen molar-refractivity contribution in [3.05, 3.63) is 0 Å². The second-order valence-electron chi connectivity index (χ2n) is 4.84. The van der Waals surface area contributed by atoms with Gasteiger partial charge in [-0.1, -0.05) is 33.6 Å². The van der Waals surface area contributed by atoms with E-state index < -0.39 is 9.84 Å². The molecule has 0 heterocycles. The highest BCUT2D eigenvalue weighted by Gasteiger charge is 2.13. The summed E-state index contributed by atoms with van der Waals surface area (Å²) < 4.78 is 28.8. The van der Waals surface area contributed by atoms with E-state index in [1.807, 2.05) is 13.8 Å². The van der Waals surface area contributed by atoms with E-state index in [-0.39, 0.29) is 11.7 Å². The lowest BCUT2D eigenvalue weighted by Gasteiger charge is -2.10. The first kappa shape index (κ1) is 17.9. The highest BCUT2D eigenvalue weighted by Crippen LogP contribution is 2.05. The molecule has 1 N–H and O–H groups in total. The van der Waals surface area contributed by atoms with Crippen LogP contribution in [0.15, 0.2) is 0 Å². The maximum absolute atomic E-state index is 11.7. The molecule has 0 aromatic carbocycles. The lowest BCUT2D eigenvalue weighted by Crippen LogP contribution is -2.28. The molecule has 0 aliphatic carbocycles. The number of hydrogen-bond donors (Lipinski definition) is 1. The number of unbranched alkanes of at least 4 members (excludes halogenated alkanes) is 1. The molecule has 0 aromatic rings. The smallest absolute Gasteiger partial charge is 0.151 e. The van der Waals surface area contributed by atoms with Crippen molar-refractivity contribution >= 4 is 9.84 Å². The number of rotatable bonds is 12. The average Bonchev–Trinajstić information content (AvgIpc) is 2.31. The van der Waals surface area contributed by atoms with Crippen LogP contribution in [-0.4, -0.2) is 46.2 Å². The first-order valence-electron chi connectivity index (χ1n) is 7.00. The molecule has 0 bridgehead atoms. The van der Waals surface area contributed by atoms with Crippen molar-refractivity contribution < 1.29 is 13.2 Å². The molecule has 0 saturated carbocycles. The quantitative estimate of drug-likeness (QED) is 0.554. The first-order chi connectivity index (χ1) is 8.52. The third kappa shape index (κ3) is 11.0. The lowest BCUT2D eigenvalue weighted by atomic mass is 10.2. The maximum Gasteiger partial charge on any atom is 0.151 e. The van der Waals surface area contributed by atoms with Crippen LogP contribution in [0, 0.1) is 5.92 Å². The van der Waals surface area contributed by atoms with Crippen molar-refractivity contribution in [1.29, 1.82) is 0 Å². The van der Waals surface area contributed by atoms with Crippen LogP contribution in [0.5, 0.6) is 0 Å². The van der Waals surface area contributed by atoms with Gasteiger partial charge in [0, 0.05) is 19.7 Å². The first-order valence-corrected chi connectivity index (χ1v) is 8.82. The van der Waals surface area contributed by atoms with Crippen molar-refractivity contribution in [2.75, 3.05) is 37.8 Å². The van der Waals surface area contributed by atoms with Crippen molar-refractivity contribution in [2.45, 2.75) is 40.0 Å². The van der Waals surface area contributed by atoms with E-state index in [1.54, 1.807) is 0 Å². The van der Waals surface area contributed by atoms with Gasteiger partial charge in [-0.2, -0.15) is 0 Å². The van der Waals surface area contributed by atoms with E-state index >= 15 is 0 Å².